The van der Waals surface area contributed by atoms with Crippen molar-refractivity contribution in [3.8, 4) is 11.5 Å². The second-order valence-corrected chi connectivity index (χ2v) is 43.9. The zero-order valence-electron chi connectivity index (χ0n) is 89.1. The SMILES string of the molecule is CC[C@H](C)[C@H](NC(=O)[C@H](COC(C)(C)C)NC(=O)[C@H](Cc1ccc(OC(C)(C)C)cc1)NC(=O)[C@H](CC(=O)OC(C)(C)C)NC(=O)[C@H](COC(C)(C)C)NC(=O)[C@@H](NC(=O)[C@](C)(CC)NC(=O)[C@@H](NC(=O)CNC(=O)[C@H](CCC(=O)OC(C)(C)C)NC(=O)C(C)(C)NC(=O)[C@H](Cc1ccc(OC(C)(C)C)cc1)NC(C)=O)[C@@H](C)OC(C)(C)C)[C@@H](C)CC)C(=O)NC(C)(C)C(=O)N[C@@H](CCCCN)C(=O)O. The predicted octanol–water partition coefficient (Wildman–Crippen LogP) is 5.88. The van der Waals surface area contributed by atoms with Crippen LogP contribution in [0.4, 0.5) is 0 Å². The molecule has 0 saturated carbocycles. The molecular weight excluding hydrogens is 1810 g/mol. The number of hydrogen-bond donors (Lipinski definition) is 16. The Kier molecular flexibility index (Phi) is 48.4. The van der Waals surface area contributed by atoms with E-state index in [1.54, 1.807) is 187 Å². The van der Waals surface area contributed by atoms with E-state index in [1.807, 2.05) is 41.5 Å². The normalized spacial score (nSPS) is 15.5. The van der Waals surface area contributed by atoms with Crippen molar-refractivity contribution in [1.29, 1.82) is 0 Å². The smallest absolute Gasteiger partial charge is 0.326 e. The van der Waals surface area contributed by atoms with Crippen LogP contribution in [0.1, 0.15) is 297 Å². The fourth-order valence-corrected chi connectivity index (χ4v) is 13.5. The third-order valence-corrected chi connectivity index (χ3v) is 21.4. The lowest BCUT2D eigenvalue weighted by atomic mass is 9.93. The molecule has 792 valence electrons. The number of ether oxygens (including phenoxy) is 7. The number of aliphatic carboxylic acids is 1. The molecule has 0 heterocycles. The summed E-state index contributed by atoms with van der Waals surface area (Å²) in [5.74, 6) is -16.5. The van der Waals surface area contributed by atoms with Gasteiger partial charge >= 0.3 is 17.9 Å². The summed E-state index contributed by atoms with van der Waals surface area (Å²) in [5, 5.41) is 46.8. The molecule has 2 rings (SSSR count). The van der Waals surface area contributed by atoms with Gasteiger partial charge in [0.2, 0.25) is 82.7 Å². The number of carboxylic acids is 1. The number of esters is 2. The monoisotopic (exact) mass is 1980 g/mol. The molecule has 0 spiro atoms. The number of nitrogens with one attached hydrogen (secondary N) is 14. The number of rotatable bonds is 54. The lowest BCUT2D eigenvalue weighted by Gasteiger charge is -2.36. The minimum absolute atomic E-state index is 0.00319. The highest BCUT2D eigenvalue weighted by Crippen LogP contribution is 2.26. The topological polar surface area (TPSA) is 569 Å². The first-order valence-electron chi connectivity index (χ1n) is 48.1. The van der Waals surface area contributed by atoms with Gasteiger partial charge in [0.25, 0.3) is 0 Å². The van der Waals surface area contributed by atoms with E-state index in [4.69, 9.17) is 38.9 Å². The Morgan fingerprint density at radius 2 is 0.771 bits per heavy atom. The Bertz CT molecular complexity index is 4510. The maximum absolute atomic E-state index is 15.4. The number of carbonyl (C=O) groups excluding carboxylic acids is 16. The van der Waals surface area contributed by atoms with E-state index in [1.165, 1.54) is 48.5 Å². The number of carbonyl (C=O) groups is 17. The van der Waals surface area contributed by atoms with Crippen molar-refractivity contribution in [1.82, 2.24) is 74.4 Å². The van der Waals surface area contributed by atoms with E-state index in [2.05, 4.69) is 74.4 Å². The summed E-state index contributed by atoms with van der Waals surface area (Å²) < 4.78 is 41.7. The molecule has 14 atom stereocenters. The van der Waals surface area contributed by atoms with E-state index in [0.29, 0.717) is 42.0 Å². The van der Waals surface area contributed by atoms with Crippen molar-refractivity contribution in [3.05, 3.63) is 59.7 Å². The molecule has 0 bridgehead atoms. The Morgan fingerprint density at radius 1 is 0.371 bits per heavy atom. The number of benzene rings is 2. The summed E-state index contributed by atoms with van der Waals surface area (Å²) >= 11 is 0. The van der Waals surface area contributed by atoms with Crippen LogP contribution in [0, 0.1) is 11.8 Å². The van der Waals surface area contributed by atoms with E-state index in [9.17, 15) is 62.6 Å². The maximum atomic E-state index is 15.4. The minimum Gasteiger partial charge on any atom is -0.488 e. The molecule has 0 saturated heterocycles. The third kappa shape index (κ3) is 47.9. The van der Waals surface area contributed by atoms with Gasteiger partial charge in [0, 0.05) is 26.2 Å². The highest BCUT2D eigenvalue weighted by Gasteiger charge is 2.45. The van der Waals surface area contributed by atoms with Crippen LogP contribution in [0.3, 0.4) is 0 Å². The molecule has 0 aromatic heterocycles. The van der Waals surface area contributed by atoms with Gasteiger partial charge in [-0.25, -0.2) is 4.79 Å². The molecular formula is C100H167N15O25. The van der Waals surface area contributed by atoms with Gasteiger partial charge in [-0.1, -0.05) is 71.7 Å². The first kappa shape index (κ1) is 125. The second kappa shape index (κ2) is 54.2. The Hall–Kier alpha value is -11.1. The van der Waals surface area contributed by atoms with Crippen LogP contribution in [0.15, 0.2) is 48.5 Å². The number of carboxylic acid groups (broad SMARTS) is 1. The Morgan fingerprint density at radius 3 is 1.19 bits per heavy atom. The average Bonchev–Trinajstić information content (AvgIpc) is 0.810. The van der Waals surface area contributed by atoms with Crippen molar-refractivity contribution in [2.24, 2.45) is 17.6 Å². The van der Waals surface area contributed by atoms with Crippen molar-refractivity contribution >= 4 is 101 Å². The summed E-state index contributed by atoms with van der Waals surface area (Å²) in [7, 11) is 0. The molecule has 17 N–H and O–H groups in total. The molecule has 2 aromatic carbocycles. The van der Waals surface area contributed by atoms with Crippen molar-refractivity contribution < 1.29 is 120 Å². The van der Waals surface area contributed by atoms with Crippen LogP contribution in [0.2, 0.25) is 0 Å². The number of amides is 14. The van der Waals surface area contributed by atoms with Crippen LogP contribution in [0.25, 0.3) is 0 Å². The molecule has 40 heteroatoms. The zero-order chi connectivity index (χ0) is 108. The van der Waals surface area contributed by atoms with Crippen molar-refractivity contribution in [2.75, 3.05) is 26.3 Å². The summed E-state index contributed by atoms with van der Waals surface area (Å²) in [5.41, 5.74) is -5.05. The zero-order valence-corrected chi connectivity index (χ0v) is 89.1. The largest absolute Gasteiger partial charge is 0.488 e. The second-order valence-electron chi connectivity index (χ2n) is 43.9. The highest BCUT2D eigenvalue weighted by atomic mass is 16.6. The van der Waals surface area contributed by atoms with E-state index in [0.717, 1.165) is 0 Å². The maximum Gasteiger partial charge on any atom is 0.326 e. The molecule has 14 amide bonds. The van der Waals surface area contributed by atoms with Gasteiger partial charge in [0.15, 0.2) is 0 Å². The van der Waals surface area contributed by atoms with Crippen molar-refractivity contribution in [2.45, 2.75) is 421 Å². The van der Waals surface area contributed by atoms with Crippen LogP contribution < -0.4 is 89.6 Å². The minimum atomic E-state index is -1.95. The van der Waals surface area contributed by atoms with Gasteiger partial charge in [-0.05, 0) is 273 Å². The fraction of sp³-hybridized carbons (Fsp3) is 0.710. The average molecular weight is 1980 g/mol. The van der Waals surface area contributed by atoms with Gasteiger partial charge < -0.3 is 118 Å². The molecule has 0 fully saturated rings. The standard InChI is InChI=1S/C100H167N15O25/c1-34-57(4)75(112-90(133)100(33,36-3)115-86(128)77(59(6)136-93(14,15)16)110-72(117)54-102-78(120)65(48-49-73(118)139-96(23,24)25)108-88(131)98(29,30)113-83(125)68(103-60(7)116)52-62-42-46-64(47-43-62)138-95(20,21)22)84(126)107-70(55-134-91(8,9)10)81(123)105-69(53-74(119)140-97(26,27)28)80(122)104-67(51-61-40-44-63(45-41-61)137-94(17,18)19)79(121)106-71(56-135-92(11,12)13)82(124)111-76(58(5)35-2)85(127)114-99(31,32)89(132)109-66(87(129)130)39-37-38-50-101/h40-47,57-59,65-71,75-77H,34-39,48-56,101H2,1-33H3,(H,102,120)(H,103,116)(H,104,122)(H,105,123)(H,106,121)(H,107,126)(H,108,131)(H,109,132)(H,110,117)(H,111,124)(H,112,133)(H,113,125)(H,114,127)(H,115,128)(H,129,130)/t57-,58-,59+,65-,66-,67-,68-,69-,70-,71-,75-,76-,77-,100-/m0/s1. The van der Waals surface area contributed by atoms with Gasteiger partial charge in [-0.2, -0.15) is 0 Å². The van der Waals surface area contributed by atoms with Crippen LogP contribution >= 0.6 is 0 Å². The van der Waals surface area contributed by atoms with E-state index in [-0.39, 0.29) is 44.9 Å². The first-order chi connectivity index (χ1) is 63.9. The summed E-state index contributed by atoms with van der Waals surface area (Å²) in [6.45, 7) is 51.8. The lowest BCUT2D eigenvalue weighted by Crippen LogP contribution is -2.66. The van der Waals surface area contributed by atoms with Gasteiger partial charge in [-0.15, -0.1) is 0 Å². The Balaban J connectivity index is 2.77. The quantitative estimate of drug-likeness (QED) is 0.0271. The molecule has 0 unspecified atom stereocenters. The molecule has 0 radical (unpaired) electrons. The number of unbranched alkanes of at least 4 members (excludes halogenated alkanes) is 1. The number of nitrogens with two attached hydrogens (primary N) is 1. The lowest BCUT2D eigenvalue weighted by molar-refractivity contribution is -0.157. The summed E-state index contributed by atoms with van der Waals surface area (Å²) in [6, 6.07) is -2.35. The van der Waals surface area contributed by atoms with Crippen LogP contribution in [-0.2, 0) is 118 Å². The first-order valence-corrected chi connectivity index (χ1v) is 48.1. The third-order valence-electron chi connectivity index (χ3n) is 21.4. The predicted molar refractivity (Wildman–Crippen MR) is 527 cm³/mol. The van der Waals surface area contributed by atoms with Gasteiger partial charge in [-0.3, -0.25) is 76.7 Å². The summed E-state index contributed by atoms with van der Waals surface area (Å²) in [4.78, 5) is 244. The molecule has 40 nitrogen and oxygen atoms in total. The molecule has 140 heavy (non-hydrogen) atoms. The van der Waals surface area contributed by atoms with Crippen LogP contribution in [-0.4, -0.2) is 254 Å². The molecule has 2 aromatic rings. The Labute approximate surface area is 827 Å². The molecule has 0 aliphatic carbocycles. The molecule has 0 aliphatic rings. The van der Waals surface area contributed by atoms with Crippen molar-refractivity contribution in [3.63, 3.8) is 0 Å². The molecule has 0 aliphatic heterocycles. The fourth-order valence-electron chi connectivity index (χ4n) is 13.5. The van der Waals surface area contributed by atoms with Gasteiger partial charge in [0.05, 0.1) is 49.1 Å². The van der Waals surface area contributed by atoms with E-state index >= 15 is 24.0 Å². The van der Waals surface area contributed by atoms with Crippen LogP contribution in [0.5, 0.6) is 11.5 Å². The highest BCUT2D eigenvalue weighted by molar-refractivity contribution is 6.02. The van der Waals surface area contributed by atoms with Gasteiger partial charge in [0.1, 0.15) is 111 Å². The van der Waals surface area contributed by atoms with E-state index < -0.39 is 267 Å². The number of hydrogen-bond acceptors (Lipinski definition) is 25. The summed E-state index contributed by atoms with van der Waals surface area (Å²) in [6.07, 6.45) is -2.00.